The van der Waals surface area contributed by atoms with Crippen LogP contribution in [0.3, 0.4) is 0 Å². The van der Waals surface area contributed by atoms with Crippen LogP contribution in [0.15, 0.2) is 17.5 Å². The molecule has 1 unspecified atom stereocenters. The van der Waals surface area contributed by atoms with Gasteiger partial charge in [0.15, 0.2) is 0 Å². The van der Waals surface area contributed by atoms with Gasteiger partial charge in [-0.2, -0.15) is 0 Å². The fourth-order valence-electron chi connectivity index (χ4n) is 2.14. The first kappa shape index (κ1) is 14.5. The third-order valence-corrected chi connectivity index (χ3v) is 4.21. The number of ether oxygens (including phenoxy) is 1. The van der Waals surface area contributed by atoms with Crippen molar-refractivity contribution >= 4 is 17.2 Å². The minimum atomic E-state index is -0.464. The molecule has 6 heteroatoms. The smallest absolute Gasteiger partial charge is 0.236 e. The highest BCUT2D eigenvalue weighted by molar-refractivity contribution is 7.10. The maximum atomic E-state index is 11.6. The minimum absolute atomic E-state index is 0.102. The molecule has 1 saturated heterocycles. The Morgan fingerprint density at radius 2 is 2.32 bits per heavy atom. The van der Waals surface area contributed by atoms with Crippen molar-refractivity contribution in [1.82, 2.24) is 10.2 Å². The van der Waals surface area contributed by atoms with Crippen LogP contribution in [0.25, 0.3) is 0 Å². The molecule has 0 aliphatic carbocycles. The Hall–Kier alpha value is -0.950. The lowest BCUT2D eigenvalue weighted by Gasteiger charge is -2.34. The Morgan fingerprint density at radius 3 is 2.89 bits per heavy atom. The number of nitrogens with two attached hydrogens (primary N) is 1. The maximum absolute atomic E-state index is 11.6. The molecule has 0 aromatic carbocycles. The number of hydrogen-bond donors (Lipinski definition) is 2. The highest BCUT2D eigenvalue weighted by Crippen LogP contribution is 2.25. The van der Waals surface area contributed by atoms with Crippen LogP contribution in [0.1, 0.15) is 17.8 Å². The van der Waals surface area contributed by atoms with Gasteiger partial charge in [0.1, 0.15) is 0 Å². The monoisotopic (exact) mass is 283 g/mol. The van der Waals surface area contributed by atoms with Crippen molar-refractivity contribution in [3.8, 4) is 0 Å². The van der Waals surface area contributed by atoms with Crippen molar-refractivity contribution in [2.45, 2.75) is 19.0 Å². The van der Waals surface area contributed by atoms with E-state index in [9.17, 15) is 4.79 Å². The molecule has 1 aliphatic heterocycles. The first-order chi connectivity index (χ1) is 9.18. The van der Waals surface area contributed by atoms with Gasteiger partial charge < -0.3 is 15.8 Å². The fraction of sp³-hybridized carbons (Fsp3) is 0.615. The number of nitrogens with one attached hydrogen (secondary N) is 1. The van der Waals surface area contributed by atoms with Crippen LogP contribution in [0, 0.1) is 0 Å². The van der Waals surface area contributed by atoms with Crippen LogP contribution in [-0.2, 0) is 9.53 Å². The zero-order valence-corrected chi connectivity index (χ0v) is 12.0. The summed E-state index contributed by atoms with van der Waals surface area (Å²) in [7, 11) is 0. The summed E-state index contributed by atoms with van der Waals surface area (Å²) in [5.74, 6) is -0.102. The molecule has 0 radical (unpaired) electrons. The summed E-state index contributed by atoms with van der Waals surface area (Å²) in [5.41, 5.74) is 5.58. The Balaban J connectivity index is 2.00. The van der Waals surface area contributed by atoms with Crippen LogP contribution < -0.4 is 11.1 Å². The molecular weight excluding hydrogens is 262 g/mol. The number of nitrogens with zero attached hydrogens (tertiary/aromatic N) is 1. The van der Waals surface area contributed by atoms with Crippen LogP contribution in [-0.4, -0.2) is 49.7 Å². The van der Waals surface area contributed by atoms with Gasteiger partial charge in [0.2, 0.25) is 5.91 Å². The van der Waals surface area contributed by atoms with Gasteiger partial charge in [-0.25, -0.2) is 0 Å². The van der Waals surface area contributed by atoms with Crippen molar-refractivity contribution in [1.29, 1.82) is 0 Å². The Kier molecular flexibility index (Phi) is 5.33. The molecule has 5 nitrogen and oxygen atoms in total. The summed E-state index contributed by atoms with van der Waals surface area (Å²) in [5, 5.41) is 4.99. The van der Waals surface area contributed by atoms with E-state index in [0.29, 0.717) is 6.54 Å². The highest BCUT2D eigenvalue weighted by Gasteiger charge is 2.24. The number of amides is 1. The van der Waals surface area contributed by atoms with Crippen molar-refractivity contribution in [2.75, 3.05) is 32.8 Å². The second kappa shape index (κ2) is 7.00. The second-order valence-electron chi connectivity index (χ2n) is 4.71. The molecule has 1 fully saturated rings. The quantitative estimate of drug-likeness (QED) is 0.830. The Morgan fingerprint density at radius 1 is 1.58 bits per heavy atom. The zero-order valence-electron chi connectivity index (χ0n) is 11.2. The summed E-state index contributed by atoms with van der Waals surface area (Å²) < 4.78 is 5.39. The molecule has 1 aromatic rings. The molecule has 1 amide bonds. The summed E-state index contributed by atoms with van der Waals surface area (Å²) >= 11 is 1.72. The highest BCUT2D eigenvalue weighted by atomic mass is 32.1. The maximum Gasteiger partial charge on any atom is 0.236 e. The third kappa shape index (κ3) is 4.01. The Bertz CT molecular complexity index is 389. The van der Waals surface area contributed by atoms with Crippen LogP contribution in [0.2, 0.25) is 0 Å². The molecule has 0 bridgehead atoms. The molecule has 1 aromatic heterocycles. The Labute approximate surface area is 117 Å². The minimum Gasteiger partial charge on any atom is -0.379 e. The van der Waals surface area contributed by atoms with E-state index in [-0.39, 0.29) is 11.9 Å². The number of carbonyl (C=O) groups is 1. The number of morpholine rings is 1. The largest absolute Gasteiger partial charge is 0.379 e. The number of hydrogen-bond acceptors (Lipinski definition) is 5. The van der Waals surface area contributed by atoms with E-state index in [1.807, 2.05) is 6.07 Å². The van der Waals surface area contributed by atoms with Crippen LogP contribution in [0.4, 0.5) is 0 Å². The molecule has 0 saturated carbocycles. The first-order valence-electron chi connectivity index (χ1n) is 6.57. The predicted molar refractivity (Wildman–Crippen MR) is 76.1 cm³/mol. The molecule has 2 heterocycles. The number of rotatable bonds is 5. The summed E-state index contributed by atoms with van der Waals surface area (Å²) in [6.07, 6.45) is 0. The van der Waals surface area contributed by atoms with Gasteiger partial charge in [0.25, 0.3) is 0 Å². The summed E-state index contributed by atoms with van der Waals surface area (Å²) in [4.78, 5) is 15.3. The standard InChI is InChI=1S/C13H21N3O2S/c1-10(14)13(17)15-9-11(12-3-2-8-19-12)16-4-6-18-7-5-16/h2-3,8,10-11H,4-7,9,14H2,1H3,(H,15,17)/t10-,11?/m1/s1. The summed E-state index contributed by atoms with van der Waals surface area (Å²) in [6, 6.07) is 3.91. The normalized spacial score (nSPS) is 19.9. The molecule has 2 rings (SSSR count). The van der Waals surface area contributed by atoms with Gasteiger partial charge in [0, 0.05) is 24.5 Å². The molecule has 3 N–H and O–H groups in total. The van der Waals surface area contributed by atoms with E-state index in [1.54, 1.807) is 18.3 Å². The van der Waals surface area contributed by atoms with Crippen molar-refractivity contribution in [2.24, 2.45) is 5.73 Å². The lowest BCUT2D eigenvalue weighted by Crippen LogP contribution is -2.46. The van der Waals surface area contributed by atoms with E-state index >= 15 is 0 Å². The van der Waals surface area contributed by atoms with E-state index in [2.05, 4.69) is 21.7 Å². The predicted octanol–water partition coefficient (Wildman–Crippen LogP) is 0.585. The molecule has 1 aliphatic rings. The topological polar surface area (TPSA) is 67.6 Å². The average Bonchev–Trinajstić information content (AvgIpc) is 2.94. The zero-order chi connectivity index (χ0) is 13.7. The van der Waals surface area contributed by atoms with E-state index < -0.39 is 6.04 Å². The third-order valence-electron chi connectivity index (χ3n) is 3.24. The molecule has 2 atom stereocenters. The lowest BCUT2D eigenvalue weighted by molar-refractivity contribution is -0.122. The molecule has 19 heavy (non-hydrogen) atoms. The molecule has 106 valence electrons. The van der Waals surface area contributed by atoms with Crippen LogP contribution in [0.5, 0.6) is 0 Å². The van der Waals surface area contributed by atoms with Gasteiger partial charge in [-0.05, 0) is 18.4 Å². The number of thiophene rings is 1. The van der Waals surface area contributed by atoms with Gasteiger partial charge in [-0.15, -0.1) is 11.3 Å². The van der Waals surface area contributed by atoms with Gasteiger partial charge in [-0.3, -0.25) is 9.69 Å². The second-order valence-corrected chi connectivity index (χ2v) is 5.69. The van der Waals surface area contributed by atoms with E-state index in [0.717, 1.165) is 26.3 Å². The van der Waals surface area contributed by atoms with Crippen LogP contribution >= 0.6 is 11.3 Å². The SMILES string of the molecule is C[C@@H](N)C(=O)NCC(c1cccs1)N1CCOCC1. The van der Waals surface area contributed by atoms with Gasteiger partial charge in [0.05, 0.1) is 25.3 Å². The van der Waals surface area contributed by atoms with E-state index in [4.69, 9.17) is 10.5 Å². The first-order valence-corrected chi connectivity index (χ1v) is 7.45. The van der Waals surface area contributed by atoms with Crippen molar-refractivity contribution < 1.29 is 9.53 Å². The summed E-state index contributed by atoms with van der Waals surface area (Å²) in [6.45, 7) is 5.60. The van der Waals surface area contributed by atoms with Crippen molar-refractivity contribution in [3.63, 3.8) is 0 Å². The lowest BCUT2D eigenvalue weighted by atomic mass is 10.2. The number of carbonyl (C=O) groups excluding carboxylic acids is 1. The van der Waals surface area contributed by atoms with Gasteiger partial charge in [-0.1, -0.05) is 6.07 Å². The van der Waals surface area contributed by atoms with Crippen molar-refractivity contribution in [3.05, 3.63) is 22.4 Å². The van der Waals surface area contributed by atoms with E-state index in [1.165, 1.54) is 4.88 Å². The average molecular weight is 283 g/mol. The van der Waals surface area contributed by atoms with Gasteiger partial charge >= 0.3 is 0 Å². The fourth-order valence-corrected chi connectivity index (χ4v) is 3.00. The molecule has 0 spiro atoms. The molecular formula is C13H21N3O2S.